The first-order valence-electron chi connectivity index (χ1n) is 10.3. The molecule has 34 heavy (non-hydrogen) atoms. The lowest BCUT2D eigenvalue weighted by molar-refractivity contribution is 0.252. The van der Waals surface area contributed by atoms with Crippen molar-refractivity contribution in [3.05, 3.63) is 36.0 Å². The second-order valence-electron chi connectivity index (χ2n) is 7.98. The summed E-state index contributed by atoms with van der Waals surface area (Å²) in [5, 5.41) is 10.4. The van der Waals surface area contributed by atoms with Gasteiger partial charge in [0.25, 0.3) is 0 Å². The Hall–Kier alpha value is -2.70. The largest absolute Gasteiger partial charge is 0.336 e. The Labute approximate surface area is 195 Å². The molecule has 2 aromatic rings. The number of amides is 2. The molecule has 3 saturated heterocycles. The number of nitrogens with two attached hydrogens (primary N) is 1. The number of rotatable bonds is 6. The van der Waals surface area contributed by atoms with Gasteiger partial charge >= 0.3 is 6.03 Å². The number of sulfone groups is 1. The zero-order valence-electron chi connectivity index (χ0n) is 17.7. The highest BCUT2D eigenvalue weighted by Gasteiger charge is 2.39. The van der Waals surface area contributed by atoms with E-state index in [4.69, 9.17) is 5.14 Å². The first kappa shape index (κ1) is 23.1. The van der Waals surface area contributed by atoms with E-state index < -0.39 is 36.2 Å². The minimum atomic E-state index is -4.49. The molecule has 1 aromatic carbocycles. The van der Waals surface area contributed by atoms with Crippen molar-refractivity contribution in [3.8, 4) is 11.1 Å². The van der Waals surface area contributed by atoms with Crippen LogP contribution in [-0.2, 0) is 19.9 Å². The lowest BCUT2D eigenvalue weighted by Gasteiger charge is -2.29. The van der Waals surface area contributed by atoms with Gasteiger partial charge in [-0.05, 0) is 29.3 Å². The molecule has 0 radical (unpaired) electrons. The van der Waals surface area contributed by atoms with Crippen molar-refractivity contribution < 1.29 is 21.6 Å². The zero-order valence-corrected chi connectivity index (χ0v) is 19.3. The lowest BCUT2D eigenvalue weighted by Crippen LogP contribution is -2.51. The Bertz CT molecular complexity index is 1360. The van der Waals surface area contributed by atoms with Gasteiger partial charge < -0.3 is 10.6 Å². The van der Waals surface area contributed by atoms with Gasteiger partial charge in [0, 0.05) is 37.9 Å². The number of carbonyl (C=O) groups is 1. The maximum absolute atomic E-state index is 13.3. The molecule has 4 heterocycles. The number of primary sulfonamides is 1. The number of benzene rings is 1. The van der Waals surface area contributed by atoms with Gasteiger partial charge in [-0.2, -0.15) is 11.1 Å². The molecule has 3 aliphatic heterocycles. The zero-order chi connectivity index (χ0) is 24.1. The molecule has 14 nitrogen and oxygen atoms in total. The van der Waals surface area contributed by atoms with Crippen LogP contribution in [0.5, 0.6) is 0 Å². The number of pyridine rings is 1. The van der Waals surface area contributed by atoms with Crippen molar-refractivity contribution >= 4 is 31.7 Å². The molecule has 3 aliphatic rings. The van der Waals surface area contributed by atoms with Crippen LogP contribution in [0.15, 0.2) is 40.3 Å². The number of sulfonamides is 1. The fourth-order valence-corrected chi connectivity index (χ4v) is 7.36. The van der Waals surface area contributed by atoms with Gasteiger partial charge in [0.15, 0.2) is 9.84 Å². The normalized spacial score (nSPS) is 19.9. The van der Waals surface area contributed by atoms with Crippen molar-refractivity contribution in [3.63, 3.8) is 0 Å². The van der Waals surface area contributed by atoms with Gasteiger partial charge in [-0.25, -0.2) is 42.6 Å². The molecular weight excluding hydrogens is 486 g/mol. The summed E-state index contributed by atoms with van der Waals surface area (Å²) in [7, 11) is -8.48. The van der Waals surface area contributed by atoms with Crippen LogP contribution >= 0.6 is 0 Å². The monoisotopic (exact) mass is 509 g/mol. The third-order valence-electron chi connectivity index (χ3n) is 5.91. The van der Waals surface area contributed by atoms with Crippen molar-refractivity contribution in [1.29, 1.82) is 0 Å². The number of aromatic nitrogens is 1. The van der Waals surface area contributed by atoms with Crippen LogP contribution in [-0.4, -0.2) is 59.3 Å². The highest BCUT2D eigenvalue weighted by atomic mass is 32.2. The molecule has 1 aromatic heterocycles. The molecule has 182 valence electrons. The third-order valence-corrected chi connectivity index (χ3v) is 9.21. The predicted octanol–water partition coefficient (Wildman–Crippen LogP) is -2.21. The Morgan fingerprint density at radius 3 is 2.38 bits per heavy atom. The van der Waals surface area contributed by atoms with Crippen LogP contribution in [0.4, 0.5) is 10.6 Å². The van der Waals surface area contributed by atoms with Crippen LogP contribution in [0.2, 0.25) is 0 Å². The Balaban J connectivity index is 1.73. The molecule has 0 unspecified atom stereocenters. The third kappa shape index (κ3) is 3.93. The first-order chi connectivity index (χ1) is 16.2. The summed E-state index contributed by atoms with van der Waals surface area (Å²) in [4.78, 5) is 17.0. The number of nitrogens with one attached hydrogen (secondary N) is 6. The number of nitrogens with zero attached hydrogens (tertiary/aromatic N) is 2. The van der Waals surface area contributed by atoms with E-state index >= 15 is 0 Å². The topological polar surface area (TPSA) is 200 Å². The fraction of sp³-hybridized carbons (Fsp3) is 0.333. The quantitative estimate of drug-likeness (QED) is 0.223. The highest BCUT2D eigenvalue weighted by Crippen LogP contribution is 2.38. The van der Waals surface area contributed by atoms with Gasteiger partial charge in [-0.1, -0.05) is 6.07 Å². The van der Waals surface area contributed by atoms with Crippen LogP contribution in [0.25, 0.3) is 11.1 Å². The molecule has 16 heteroatoms. The molecule has 0 bridgehead atoms. The molecule has 0 atom stereocenters. The van der Waals surface area contributed by atoms with E-state index in [1.807, 2.05) is 0 Å². The number of hydrogen-bond acceptors (Lipinski definition) is 11. The standard InChI is InChI=1S/C18H23N9O5S2/c19-34(31,32)16-13(33(29,30)11-8-20-9-11)2-1-12(15(16)17-23-25-26-24-17)10-3-4-21-14(7-10)27-6-5-22-18(27)28/h1-4,7,11,17,20,23-26H,5-6,8-9H2,(H,22,28)(H2,19,31,32). The molecule has 2 amide bonds. The highest BCUT2D eigenvalue weighted by molar-refractivity contribution is 7.94. The fourth-order valence-electron chi connectivity index (χ4n) is 4.12. The minimum absolute atomic E-state index is 0.108. The van der Waals surface area contributed by atoms with Crippen LogP contribution in [0.1, 0.15) is 11.7 Å². The average Bonchev–Trinajstić information content (AvgIpc) is 3.42. The molecule has 0 saturated carbocycles. The second kappa shape index (κ2) is 8.51. The van der Waals surface area contributed by atoms with Gasteiger partial charge in [0.05, 0.1) is 10.1 Å². The van der Waals surface area contributed by atoms with Gasteiger partial charge in [0.1, 0.15) is 16.9 Å². The molecule has 5 rings (SSSR count). The van der Waals surface area contributed by atoms with Crippen molar-refractivity contribution in [2.45, 2.75) is 21.2 Å². The van der Waals surface area contributed by atoms with E-state index in [2.05, 4.69) is 37.5 Å². The Kier molecular flexibility index (Phi) is 5.77. The van der Waals surface area contributed by atoms with Crippen LogP contribution < -0.4 is 42.6 Å². The second-order valence-corrected chi connectivity index (χ2v) is 11.7. The van der Waals surface area contributed by atoms with Crippen molar-refractivity contribution in [2.24, 2.45) is 5.14 Å². The number of urea groups is 1. The van der Waals surface area contributed by atoms with E-state index in [0.29, 0.717) is 30.0 Å². The van der Waals surface area contributed by atoms with Crippen molar-refractivity contribution in [1.82, 2.24) is 37.5 Å². The maximum Gasteiger partial charge on any atom is 0.323 e. The van der Waals surface area contributed by atoms with Crippen LogP contribution in [0.3, 0.4) is 0 Å². The maximum atomic E-state index is 13.3. The van der Waals surface area contributed by atoms with E-state index in [-0.39, 0.29) is 29.6 Å². The smallest absolute Gasteiger partial charge is 0.323 e. The lowest BCUT2D eigenvalue weighted by atomic mass is 9.98. The molecular formula is C18H23N9O5S2. The average molecular weight is 510 g/mol. The first-order valence-corrected chi connectivity index (χ1v) is 13.4. The number of anilines is 1. The van der Waals surface area contributed by atoms with E-state index in [9.17, 15) is 21.6 Å². The van der Waals surface area contributed by atoms with Gasteiger partial charge in [-0.3, -0.25) is 4.90 Å². The summed E-state index contributed by atoms with van der Waals surface area (Å²) in [5.74, 6) is 0.372. The molecule has 0 aliphatic carbocycles. The SMILES string of the molecule is NS(=O)(=O)c1c(S(=O)(=O)C2CNC2)ccc(-c2ccnc(N3CCNC3=O)c2)c1C1NNNN1. The number of carbonyl (C=O) groups excluding carboxylic acids is 1. The van der Waals surface area contributed by atoms with Crippen molar-refractivity contribution in [2.75, 3.05) is 31.1 Å². The predicted molar refractivity (Wildman–Crippen MR) is 121 cm³/mol. The molecule has 3 fully saturated rings. The summed E-state index contributed by atoms with van der Waals surface area (Å²) in [6, 6.07) is 5.79. The van der Waals surface area contributed by atoms with E-state index in [0.717, 1.165) is 0 Å². The molecule has 8 N–H and O–H groups in total. The number of hydrogen-bond donors (Lipinski definition) is 7. The van der Waals surface area contributed by atoms with E-state index in [1.165, 1.54) is 23.2 Å². The van der Waals surface area contributed by atoms with E-state index in [1.54, 1.807) is 12.1 Å². The number of hydrazine groups is 3. The summed E-state index contributed by atoms with van der Waals surface area (Å²) in [6.07, 6.45) is 0.637. The molecule has 0 spiro atoms. The summed E-state index contributed by atoms with van der Waals surface area (Å²) in [5.41, 5.74) is 11.9. The Morgan fingerprint density at radius 2 is 1.79 bits per heavy atom. The summed E-state index contributed by atoms with van der Waals surface area (Å²) < 4.78 is 52.2. The summed E-state index contributed by atoms with van der Waals surface area (Å²) in [6.45, 7) is 1.34. The Morgan fingerprint density at radius 1 is 1.06 bits per heavy atom. The van der Waals surface area contributed by atoms with Crippen LogP contribution in [0, 0.1) is 0 Å². The minimum Gasteiger partial charge on any atom is -0.336 e. The van der Waals surface area contributed by atoms with Gasteiger partial charge in [0.2, 0.25) is 10.0 Å². The summed E-state index contributed by atoms with van der Waals surface area (Å²) >= 11 is 0. The van der Waals surface area contributed by atoms with Gasteiger partial charge in [-0.15, -0.1) is 0 Å².